The van der Waals surface area contributed by atoms with E-state index in [-0.39, 0.29) is 12.3 Å². The first-order valence-electron chi connectivity index (χ1n) is 4.98. The summed E-state index contributed by atoms with van der Waals surface area (Å²) >= 11 is 3.32. The van der Waals surface area contributed by atoms with E-state index in [0.717, 1.165) is 10.2 Å². The van der Waals surface area contributed by atoms with Crippen molar-refractivity contribution in [1.29, 1.82) is 0 Å². The fourth-order valence-electron chi connectivity index (χ4n) is 1.30. The standard InChI is InChI=1S/C11H10BrN3O2/c1-7-13-10(15-17-7)6-11(16)14-9-4-2-8(12)3-5-9/h2-5H,6H2,1H3,(H,14,16). The van der Waals surface area contributed by atoms with Gasteiger partial charge in [-0.15, -0.1) is 0 Å². The second kappa shape index (κ2) is 5.09. The van der Waals surface area contributed by atoms with Crippen LogP contribution in [0, 0.1) is 6.92 Å². The number of carbonyl (C=O) groups is 1. The maximum atomic E-state index is 11.6. The lowest BCUT2D eigenvalue weighted by atomic mass is 10.3. The van der Waals surface area contributed by atoms with Crippen LogP contribution in [0.3, 0.4) is 0 Å². The van der Waals surface area contributed by atoms with E-state index in [9.17, 15) is 4.79 Å². The summed E-state index contributed by atoms with van der Waals surface area (Å²) in [6.45, 7) is 1.68. The predicted octanol–water partition coefficient (Wildman–Crippen LogP) is 2.32. The van der Waals surface area contributed by atoms with Gasteiger partial charge in [0.05, 0.1) is 6.42 Å². The highest BCUT2D eigenvalue weighted by Crippen LogP contribution is 2.14. The first kappa shape index (κ1) is 11.8. The van der Waals surface area contributed by atoms with Crippen molar-refractivity contribution in [3.63, 3.8) is 0 Å². The van der Waals surface area contributed by atoms with Gasteiger partial charge in [-0.1, -0.05) is 21.1 Å². The number of aryl methyl sites for hydroxylation is 1. The third kappa shape index (κ3) is 3.39. The number of nitrogens with one attached hydrogen (secondary N) is 1. The van der Waals surface area contributed by atoms with Gasteiger partial charge >= 0.3 is 0 Å². The summed E-state index contributed by atoms with van der Waals surface area (Å²) in [5.74, 6) is 0.668. The fraction of sp³-hybridized carbons (Fsp3) is 0.182. The van der Waals surface area contributed by atoms with Crippen LogP contribution in [0.25, 0.3) is 0 Å². The zero-order valence-electron chi connectivity index (χ0n) is 9.11. The van der Waals surface area contributed by atoms with Gasteiger partial charge in [0.2, 0.25) is 11.8 Å². The molecule has 0 aliphatic heterocycles. The van der Waals surface area contributed by atoms with Gasteiger partial charge in [-0.3, -0.25) is 4.79 Å². The quantitative estimate of drug-likeness (QED) is 0.943. The average molecular weight is 296 g/mol. The van der Waals surface area contributed by atoms with E-state index in [4.69, 9.17) is 4.52 Å². The van der Waals surface area contributed by atoms with Gasteiger partial charge in [0.15, 0.2) is 5.82 Å². The van der Waals surface area contributed by atoms with Crippen molar-refractivity contribution in [2.75, 3.05) is 5.32 Å². The Morgan fingerprint density at radius 1 is 1.41 bits per heavy atom. The van der Waals surface area contributed by atoms with Crippen molar-refractivity contribution in [3.8, 4) is 0 Å². The Hall–Kier alpha value is -1.69. The predicted molar refractivity (Wildman–Crippen MR) is 65.5 cm³/mol. The van der Waals surface area contributed by atoms with Crippen molar-refractivity contribution >= 4 is 27.5 Å². The summed E-state index contributed by atoms with van der Waals surface area (Å²) in [5.41, 5.74) is 0.735. The zero-order valence-corrected chi connectivity index (χ0v) is 10.7. The average Bonchev–Trinajstić information content (AvgIpc) is 2.67. The molecule has 0 saturated heterocycles. The minimum Gasteiger partial charge on any atom is -0.340 e. The Bertz CT molecular complexity index is 522. The Labute approximate surface area is 106 Å². The Kier molecular flexibility index (Phi) is 3.53. The minimum absolute atomic E-state index is 0.105. The highest BCUT2D eigenvalue weighted by Gasteiger charge is 2.09. The van der Waals surface area contributed by atoms with E-state index >= 15 is 0 Å². The number of hydrogen-bond donors (Lipinski definition) is 1. The molecule has 1 aromatic heterocycles. The molecule has 0 spiro atoms. The van der Waals surface area contributed by atoms with Crippen LogP contribution in [-0.4, -0.2) is 16.0 Å². The number of anilines is 1. The highest BCUT2D eigenvalue weighted by atomic mass is 79.9. The molecule has 6 heteroatoms. The molecular formula is C11H10BrN3O2. The Morgan fingerprint density at radius 2 is 2.12 bits per heavy atom. The van der Waals surface area contributed by atoms with Crippen molar-refractivity contribution in [1.82, 2.24) is 10.1 Å². The largest absolute Gasteiger partial charge is 0.340 e. The molecule has 0 atom stereocenters. The summed E-state index contributed by atoms with van der Waals surface area (Å²) in [7, 11) is 0. The van der Waals surface area contributed by atoms with E-state index < -0.39 is 0 Å². The number of rotatable bonds is 3. The maximum absolute atomic E-state index is 11.6. The molecule has 0 bridgehead atoms. The number of nitrogens with zero attached hydrogens (tertiary/aromatic N) is 2. The molecule has 0 saturated carbocycles. The lowest BCUT2D eigenvalue weighted by Gasteiger charge is -2.02. The van der Waals surface area contributed by atoms with Crippen molar-refractivity contribution in [2.24, 2.45) is 0 Å². The molecule has 0 radical (unpaired) electrons. The lowest BCUT2D eigenvalue weighted by Crippen LogP contribution is -2.15. The molecule has 2 aromatic rings. The highest BCUT2D eigenvalue weighted by molar-refractivity contribution is 9.10. The topological polar surface area (TPSA) is 68.0 Å². The van der Waals surface area contributed by atoms with Crippen LogP contribution in [0.1, 0.15) is 11.7 Å². The van der Waals surface area contributed by atoms with E-state index in [1.807, 2.05) is 24.3 Å². The van der Waals surface area contributed by atoms with Crippen LogP contribution >= 0.6 is 15.9 Å². The number of benzene rings is 1. The molecule has 1 amide bonds. The molecule has 0 fully saturated rings. The van der Waals surface area contributed by atoms with Gasteiger partial charge in [0.1, 0.15) is 0 Å². The molecule has 0 aliphatic rings. The number of amides is 1. The SMILES string of the molecule is Cc1nc(CC(=O)Nc2ccc(Br)cc2)no1. The van der Waals surface area contributed by atoms with Gasteiger partial charge in [-0.25, -0.2) is 0 Å². The van der Waals surface area contributed by atoms with Crippen LogP contribution < -0.4 is 5.32 Å². The van der Waals surface area contributed by atoms with Crippen molar-refractivity contribution in [2.45, 2.75) is 13.3 Å². The monoisotopic (exact) mass is 295 g/mol. The van der Waals surface area contributed by atoms with E-state index in [0.29, 0.717) is 11.7 Å². The molecule has 0 unspecified atom stereocenters. The van der Waals surface area contributed by atoms with Crippen LogP contribution in [0.4, 0.5) is 5.69 Å². The first-order chi connectivity index (χ1) is 8.13. The Morgan fingerprint density at radius 3 is 2.71 bits per heavy atom. The molecular weight excluding hydrogens is 286 g/mol. The lowest BCUT2D eigenvalue weighted by molar-refractivity contribution is -0.115. The summed E-state index contributed by atoms with van der Waals surface area (Å²) in [6.07, 6.45) is 0.105. The van der Waals surface area contributed by atoms with E-state index in [1.54, 1.807) is 6.92 Å². The Balaban J connectivity index is 1.95. The fourth-order valence-corrected chi connectivity index (χ4v) is 1.56. The third-order valence-corrected chi connectivity index (χ3v) is 2.54. The van der Waals surface area contributed by atoms with E-state index in [2.05, 4.69) is 31.4 Å². The molecule has 2 rings (SSSR count). The summed E-state index contributed by atoms with van der Waals surface area (Å²) in [6, 6.07) is 7.33. The summed E-state index contributed by atoms with van der Waals surface area (Å²) in [4.78, 5) is 15.6. The van der Waals surface area contributed by atoms with E-state index in [1.165, 1.54) is 0 Å². The smallest absolute Gasteiger partial charge is 0.232 e. The van der Waals surface area contributed by atoms with Crippen LogP contribution in [0.5, 0.6) is 0 Å². The van der Waals surface area contributed by atoms with Crippen LogP contribution in [-0.2, 0) is 11.2 Å². The zero-order chi connectivity index (χ0) is 12.3. The number of carbonyl (C=O) groups excluding carboxylic acids is 1. The second-order valence-corrected chi connectivity index (χ2v) is 4.38. The van der Waals surface area contributed by atoms with Crippen LogP contribution in [0.2, 0.25) is 0 Å². The molecule has 1 N–H and O–H groups in total. The molecule has 5 nitrogen and oxygen atoms in total. The van der Waals surface area contributed by atoms with Crippen LogP contribution in [0.15, 0.2) is 33.3 Å². The molecule has 1 aromatic carbocycles. The molecule has 1 heterocycles. The summed E-state index contributed by atoms with van der Waals surface area (Å²) < 4.78 is 5.75. The van der Waals surface area contributed by atoms with Gasteiger partial charge in [0, 0.05) is 17.1 Å². The van der Waals surface area contributed by atoms with Gasteiger partial charge in [0.25, 0.3) is 0 Å². The number of halogens is 1. The summed E-state index contributed by atoms with van der Waals surface area (Å²) in [5, 5.41) is 6.40. The van der Waals surface area contributed by atoms with Crippen molar-refractivity contribution < 1.29 is 9.32 Å². The number of aromatic nitrogens is 2. The molecule has 0 aliphatic carbocycles. The first-order valence-corrected chi connectivity index (χ1v) is 5.77. The van der Waals surface area contributed by atoms with Gasteiger partial charge < -0.3 is 9.84 Å². The normalized spacial score (nSPS) is 10.2. The minimum atomic E-state index is -0.173. The van der Waals surface area contributed by atoms with Crippen molar-refractivity contribution in [3.05, 3.63) is 40.5 Å². The second-order valence-electron chi connectivity index (χ2n) is 3.46. The third-order valence-electron chi connectivity index (χ3n) is 2.02. The molecule has 88 valence electrons. The maximum Gasteiger partial charge on any atom is 0.232 e. The van der Waals surface area contributed by atoms with Gasteiger partial charge in [-0.2, -0.15) is 4.98 Å². The number of hydrogen-bond acceptors (Lipinski definition) is 4. The molecule has 17 heavy (non-hydrogen) atoms. The van der Waals surface area contributed by atoms with Gasteiger partial charge in [-0.05, 0) is 24.3 Å².